The zero-order chi connectivity index (χ0) is 31.1. The molecular formula is C44H34N2. The van der Waals surface area contributed by atoms with Crippen LogP contribution in [-0.4, -0.2) is 5.71 Å². The molecule has 7 rings (SSSR count). The molecule has 0 atom stereocenters. The Morgan fingerprint density at radius 3 is 1.33 bits per heavy atom. The minimum Gasteiger partial charge on any atom is -0.398 e. The second-order valence-electron chi connectivity index (χ2n) is 11.4. The molecule has 0 amide bonds. The number of nitrogen functional groups attached to an aromatic ring is 1. The van der Waals surface area contributed by atoms with Crippen molar-refractivity contribution in [2.75, 3.05) is 5.73 Å². The van der Waals surface area contributed by atoms with Crippen molar-refractivity contribution in [2.45, 2.75) is 6.54 Å². The molecule has 0 bridgehead atoms. The number of rotatable bonds is 8. The van der Waals surface area contributed by atoms with Crippen LogP contribution in [0.3, 0.4) is 0 Å². The summed E-state index contributed by atoms with van der Waals surface area (Å²) in [5, 5.41) is 0. The van der Waals surface area contributed by atoms with Crippen LogP contribution in [0.1, 0.15) is 16.7 Å². The van der Waals surface area contributed by atoms with Crippen LogP contribution < -0.4 is 5.73 Å². The van der Waals surface area contributed by atoms with Gasteiger partial charge in [0.05, 0.1) is 12.3 Å². The third-order valence-corrected chi connectivity index (χ3v) is 8.31. The van der Waals surface area contributed by atoms with Gasteiger partial charge in [0, 0.05) is 16.8 Å². The van der Waals surface area contributed by atoms with E-state index in [4.69, 9.17) is 10.7 Å². The summed E-state index contributed by atoms with van der Waals surface area (Å²) in [5.41, 5.74) is 20.8. The highest BCUT2D eigenvalue weighted by Gasteiger charge is 2.13. The van der Waals surface area contributed by atoms with Crippen LogP contribution in [0.25, 0.3) is 44.5 Å². The summed E-state index contributed by atoms with van der Waals surface area (Å²) in [6.07, 6.45) is 0. The van der Waals surface area contributed by atoms with E-state index in [9.17, 15) is 0 Å². The number of hydrogen-bond acceptors (Lipinski definition) is 2. The van der Waals surface area contributed by atoms with Crippen molar-refractivity contribution in [3.8, 4) is 44.5 Å². The first kappa shape index (κ1) is 28.8. The molecule has 7 aromatic rings. The Morgan fingerprint density at radius 2 is 0.804 bits per heavy atom. The van der Waals surface area contributed by atoms with Gasteiger partial charge in [-0.2, -0.15) is 0 Å². The molecule has 0 aromatic heterocycles. The molecule has 0 radical (unpaired) electrons. The van der Waals surface area contributed by atoms with Crippen molar-refractivity contribution in [2.24, 2.45) is 4.99 Å². The number of nitrogens with two attached hydrogens (primary N) is 1. The first-order valence-electron chi connectivity index (χ1n) is 15.6. The lowest BCUT2D eigenvalue weighted by Crippen LogP contribution is -2.08. The van der Waals surface area contributed by atoms with E-state index in [0.29, 0.717) is 12.2 Å². The molecule has 0 aliphatic rings. The van der Waals surface area contributed by atoms with Crippen LogP contribution in [0, 0.1) is 0 Å². The second-order valence-corrected chi connectivity index (χ2v) is 11.4. The minimum atomic E-state index is 0.514. The molecule has 0 saturated carbocycles. The van der Waals surface area contributed by atoms with Crippen LogP contribution in [-0.2, 0) is 6.54 Å². The lowest BCUT2D eigenvalue weighted by molar-refractivity contribution is 1.07. The fourth-order valence-corrected chi connectivity index (χ4v) is 5.92. The van der Waals surface area contributed by atoms with Crippen molar-refractivity contribution in [1.82, 2.24) is 0 Å². The van der Waals surface area contributed by atoms with E-state index in [2.05, 4.69) is 140 Å². The summed E-state index contributed by atoms with van der Waals surface area (Å²) in [7, 11) is 0. The fourth-order valence-electron chi connectivity index (χ4n) is 5.92. The van der Waals surface area contributed by atoms with E-state index in [-0.39, 0.29) is 0 Å². The third-order valence-electron chi connectivity index (χ3n) is 8.31. The number of nitrogens with zero attached hydrogens (tertiary/aromatic N) is 1. The first-order valence-corrected chi connectivity index (χ1v) is 15.6. The molecule has 0 spiro atoms. The van der Waals surface area contributed by atoms with Gasteiger partial charge in [-0.15, -0.1) is 0 Å². The SMILES string of the molecule is Nc1cc(-c2ccccc2)ccc1C(=NCc1cc(-c2ccccc2)cc(-c2ccc(-c3ccccc3)cc2)c1)c1ccccc1. The molecule has 2 N–H and O–H groups in total. The average molecular weight is 591 g/mol. The van der Waals surface area contributed by atoms with Crippen LogP contribution in [0.15, 0.2) is 187 Å². The molecule has 0 heterocycles. The summed E-state index contributed by atoms with van der Waals surface area (Å²) in [6, 6.07) is 63.6. The number of anilines is 1. The Hall–Kier alpha value is -5.99. The monoisotopic (exact) mass is 590 g/mol. The van der Waals surface area contributed by atoms with Crippen LogP contribution in [0.4, 0.5) is 5.69 Å². The van der Waals surface area contributed by atoms with Crippen molar-refractivity contribution >= 4 is 11.4 Å². The van der Waals surface area contributed by atoms with Crippen molar-refractivity contribution < 1.29 is 0 Å². The molecule has 2 nitrogen and oxygen atoms in total. The van der Waals surface area contributed by atoms with Gasteiger partial charge in [0.15, 0.2) is 0 Å². The second kappa shape index (κ2) is 13.3. The van der Waals surface area contributed by atoms with Crippen molar-refractivity contribution in [3.05, 3.63) is 199 Å². The molecule has 220 valence electrons. The average Bonchev–Trinajstić information content (AvgIpc) is 3.14. The zero-order valence-electron chi connectivity index (χ0n) is 25.6. The van der Waals surface area contributed by atoms with Crippen LogP contribution >= 0.6 is 0 Å². The van der Waals surface area contributed by atoms with Gasteiger partial charge in [-0.1, -0.05) is 158 Å². The maximum absolute atomic E-state index is 6.74. The highest BCUT2D eigenvalue weighted by atomic mass is 14.7. The molecular weight excluding hydrogens is 556 g/mol. The van der Waals surface area contributed by atoms with Gasteiger partial charge < -0.3 is 5.73 Å². The normalized spacial score (nSPS) is 11.3. The molecule has 0 unspecified atom stereocenters. The van der Waals surface area contributed by atoms with E-state index in [1.165, 1.54) is 33.4 Å². The maximum atomic E-state index is 6.74. The topological polar surface area (TPSA) is 38.4 Å². The van der Waals surface area contributed by atoms with Crippen molar-refractivity contribution in [1.29, 1.82) is 0 Å². The van der Waals surface area contributed by atoms with Gasteiger partial charge in [-0.05, 0) is 74.3 Å². The Morgan fingerprint density at radius 1 is 0.391 bits per heavy atom. The summed E-state index contributed by atoms with van der Waals surface area (Å²) in [4.78, 5) is 5.26. The highest BCUT2D eigenvalue weighted by molar-refractivity contribution is 6.16. The van der Waals surface area contributed by atoms with Gasteiger partial charge >= 0.3 is 0 Å². The standard InChI is InChI=1S/C44H34N2/c45-43-30-39(34-15-7-2-8-16-34)25-26-42(43)44(38-19-11-4-12-20-38)46-31-32-27-40(35-17-9-3-10-18-35)29-41(28-32)37-23-21-36(22-24-37)33-13-5-1-6-14-33/h1-30H,31,45H2. The van der Waals surface area contributed by atoms with Gasteiger partial charge in [0.2, 0.25) is 0 Å². The fraction of sp³-hybridized carbons (Fsp3) is 0.0227. The zero-order valence-corrected chi connectivity index (χ0v) is 25.6. The smallest absolute Gasteiger partial charge is 0.0743 e. The molecule has 2 heteroatoms. The molecule has 0 saturated heterocycles. The molecule has 0 aliphatic carbocycles. The number of benzene rings is 7. The predicted octanol–water partition coefficient (Wildman–Crippen LogP) is 11.0. The number of aliphatic imine (C=N–C) groups is 1. The van der Waals surface area contributed by atoms with Crippen molar-refractivity contribution in [3.63, 3.8) is 0 Å². The summed E-state index contributed by atoms with van der Waals surface area (Å²) < 4.78 is 0. The molecule has 0 fully saturated rings. The Kier molecular flexibility index (Phi) is 8.34. The van der Waals surface area contributed by atoms with Crippen LogP contribution in [0.5, 0.6) is 0 Å². The maximum Gasteiger partial charge on any atom is 0.0743 e. The highest BCUT2D eigenvalue weighted by Crippen LogP contribution is 2.31. The van der Waals surface area contributed by atoms with E-state index in [0.717, 1.165) is 33.5 Å². The predicted molar refractivity (Wildman–Crippen MR) is 195 cm³/mol. The first-order chi connectivity index (χ1) is 22.7. The van der Waals surface area contributed by atoms with Gasteiger partial charge in [0.25, 0.3) is 0 Å². The minimum absolute atomic E-state index is 0.514. The quantitative estimate of drug-likeness (QED) is 0.139. The molecule has 7 aromatic carbocycles. The van der Waals surface area contributed by atoms with Crippen LogP contribution in [0.2, 0.25) is 0 Å². The molecule has 46 heavy (non-hydrogen) atoms. The number of hydrogen-bond donors (Lipinski definition) is 1. The largest absolute Gasteiger partial charge is 0.398 e. The lowest BCUT2D eigenvalue weighted by atomic mass is 9.94. The summed E-state index contributed by atoms with van der Waals surface area (Å²) in [6.45, 7) is 0.514. The van der Waals surface area contributed by atoms with E-state index < -0.39 is 0 Å². The van der Waals surface area contributed by atoms with Gasteiger partial charge in [-0.3, -0.25) is 4.99 Å². The van der Waals surface area contributed by atoms with E-state index in [1.54, 1.807) is 0 Å². The molecule has 0 aliphatic heterocycles. The Labute approximate surface area is 271 Å². The Balaban J connectivity index is 1.28. The summed E-state index contributed by atoms with van der Waals surface area (Å²) in [5.74, 6) is 0. The van der Waals surface area contributed by atoms with Gasteiger partial charge in [-0.25, -0.2) is 0 Å². The van der Waals surface area contributed by atoms with Gasteiger partial charge in [0.1, 0.15) is 0 Å². The third kappa shape index (κ3) is 6.43. The van der Waals surface area contributed by atoms with E-state index >= 15 is 0 Å². The Bertz CT molecular complexity index is 2080. The summed E-state index contributed by atoms with van der Waals surface area (Å²) >= 11 is 0. The lowest BCUT2D eigenvalue weighted by Gasteiger charge is -2.14. The van der Waals surface area contributed by atoms with E-state index in [1.807, 2.05) is 42.5 Å².